The lowest BCUT2D eigenvalue weighted by atomic mass is 10.0. The number of carbonyl (C=O) groups is 4. The maximum absolute atomic E-state index is 13.6. The number of carboxylic acid groups (broad SMARTS) is 2. The Kier molecular flexibility index (Phi) is 9.50. The quantitative estimate of drug-likeness (QED) is 0.0667. The van der Waals surface area contributed by atoms with Crippen LogP contribution in [0.1, 0.15) is 41.9 Å². The number of nitro groups is 1. The fourth-order valence-corrected chi connectivity index (χ4v) is 6.15. The summed E-state index contributed by atoms with van der Waals surface area (Å²) in [5.74, 6) is -3.91. The predicted octanol–water partition coefficient (Wildman–Crippen LogP) is 6.84. The summed E-state index contributed by atoms with van der Waals surface area (Å²) in [7, 11) is 0. The van der Waals surface area contributed by atoms with Gasteiger partial charge in [0, 0.05) is 33.7 Å². The number of amides is 2. The first kappa shape index (κ1) is 31.6. The molecule has 5 aromatic rings. The van der Waals surface area contributed by atoms with Crippen LogP contribution in [-0.2, 0) is 4.79 Å². The van der Waals surface area contributed by atoms with Crippen molar-refractivity contribution < 1.29 is 34.3 Å². The molecule has 0 saturated carbocycles. The molecule has 0 fully saturated rings. The molecule has 4 aromatic carbocycles. The minimum absolute atomic E-state index is 0.0755. The van der Waals surface area contributed by atoms with Gasteiger partial charge in [0.05, 0.1) is 27.3 Å². The van der Waals surface area contributed by atoms with E-state index >= 15 is 0 Å². The average Bonchev–Trinajstić information content (AvgIpc) is 3.52. The molecule has 2 amide bonds. The van der Waals surface area contributed by atoms with E-state index in [9.17, 15) is 39.5 Å². The third-order valence-electron chi connectivity index (χ3n) is 6.51. The second-order valence-corrected chi connectivity index (χ2v) is 11.6. The number of nitro benzene ring substituents is 1. The second kappa shape index (κ2) is 13.8. The Morgan fingerprint density at radius 1 is 0.826 bits per heavy atom. The number of thiazole rings is 1. The van der Waals surface area contributed by atoms with Crippen molar-refractivity contribution in [3.8, 4) is 11.3 Å². The number of non-ortho nitro benzene ring substituents is 1. The van der Waals surface area contributed by atoms with Gasteiger partial charge in [-0.3, -0.25) is 19.7 Å². The van der Waals surface area contributed by atoms with Gasteiger partial charge in [0.1, 0.15) is 5.25 Å². The van der Waals surface area contributed by atoms with Gasteiger partial charge in [-0.15, -0.1) is 23.1 Å². The summed E-state index contributed by atoms with van der Waals surface area (Å²) >= 11 is 2.38. The average molecular weight is 655 g/mol. The van der Waals surface area contributed by atoms with Crippen LogP contribution in [0, 0.1) is 10.1 Å². The topological polar surface area (TPSA) is 189 Å². The Morgan fingerprint density at radius 2 is 1.59 bits per heavy atom. The number of rotatable bonds is 11. The first-order valence-electron chi connectivity index (χ1n) is 13.3. The number of aromatic carboxylic acids is 2. The highest BCUT2D eigenvalue weighted by Gasteiger charge is 2.24. The smallest absolute Gasteiger partial charge is 0.336 e. The van der Waals surface area contributed by atoms with Crippen LogP contribution < -0.4 is 10.6 Å². The van der Waals surface area contributed by atoms with Crippen LogP contribution in [0.4, 0.5) is 16.5 Å². The molecule has 1 aromatic heterocycles. The number of aromatic nitrogens is 1. The SMILES string of the molecule is O=C(O)c1ccc(C(=O)Nc2cccc(SC(C(=O)Nc3nc(-c4cccc([N+](=O)[O-])c4)cs3)c3ccccc3)c2)c(C(=O)O)c1. The van der Waals surface area contributed by atoms with Crippen molar-refractivity contribution in [2.75, 3.05) is 10.6 Å². The zero-order chi connectivity index (χ0) is 32.8. The molecule has 0 radical (unpaired) electrons. The minimum atomic E-state index is -1.45. The Labute approximate surface area is 268 Å². The number of carboxylic acids is 2. The first-order valence-corrected chi connectivity index (χ1v) is 15.1. The summed E-state index contributed by atoms with van der Waals surface area (Å²) in [6, 6.07) is 24.9. The Morgan fingerprint density at radius 3 is 2.30 bits per heavy atom. The van der Waals surface area contributed by atoms with Gasteiger partial charge in [-0.1, -0.05) is 48.5 Å². The molecule has 46 heavy (non-hydrogen) atoms. The Hall–Kier alpha value is -5.86. The van der Waals surface area contributed by atoms with E-state index in [0.29, 0.717) is 32.5 Å². The van der Waals surface area contributed by atoms with E-state index in [2.05, 4.69) is 15.6 Å². The van der Waals surface area contributed by atoms with Gasteiger partial charge in [-0.05, 0) is 42.0 Å². The summed E-state index contributed by atoms with van der Waals surface area (Å²) < 4.78 is 0. The number of nitrogens with one attached hydrogen (secondary N) is 2. The maximum Gasteiger partial charge on any atom is 0.336 e. The highest BCUT2D eigenvalue weighted by atomic mass is 32.2. The maximum atomic E-state index is 13.6. The molecule has 0 aliphatic carbocycles. The van der Waals surface area contributed by atoms with Crippen molar-refractivity contribution in [2.45, 2.75) is 10.1 Å². The van der Waals surface area contributed by atoms with Gasteiger partial charge in [0.2, 0.25) is 5.91 Å². The van der Waals surface area contributed by atoms with Gasteiger partial charge in [0.25, 0.3) is 11.6 Å². The predicted molar refractivity (Wildman–Crippen MR) is 173 cm³/mol. The zero-order valence-corrected chi connectivity index (χ0v) is 25.1. The fourth-order valence-electron chi connectivity index (χ4n) is 4.35. The van der Waals surface area contributed by atoms with Crippen molar-refractivity contribution in [3.05, 3.63) is 135 Å². The van der Waals surface area contributed by atoms with E-state index in [4.69, 9.17) is 0 Å². The van der Waals surface area contributed by atoms with Crippen LogP contribution in [0.25, 0.3) is 11.3 Å². The van der Waals surface area contributed by atoms with Crippen molar-refractivity contribution in [3.63, 3.8) is 0 Å². The lowest BCUT2D eigenvalue weighted by molar-refractivity contribution is -0.384. The van der Waals surface area contributed by atoms with E-state index in [1.165, 1.54) is 35.2 Å². The van der Waals surface area contributed by atoms with Gasteiger partial charge in [-0.2, -0.15) is 0 Å². The number of hydrogen-bond acceptors (Lipinski definition) is 9. The normalized spacial score (nSPS) is 11.3. The number of thioether (sulfide) groups is 1. The van der Waals surface area contributed by atoms with Crippen LogP contribution >= 0.6 is 23.1 Å². The summed E-state index contributed by atoms with van der Waals surface area (Å²) in [5, 5.41) is 36.6. The van der Waals surface area contributed by atoms with E-state index in [1.807, 2.05) is 6.07 Å². The summed E-state index contributed by atoms with van der Waals surface area (Å²) in [4.78, 5) is 65.4. The highest BCUT2D eigenvalue weighted by Crippen LogP contribution is 2.38. The Balaban J connectivity index is 1.35. The van der Waals surface area contributed by atoms with Crippen molar-refractivity contribution in [1.29, 1.82) is 0 Å². The summed E-state index contributed by atoms with van der Waals surface area (Å²) in [6.45, 7) is 0. The summed E-state index contributed by atoms with van der Waals surface area (Å²) in [6.07, 6.45) is 0. The molecule has 0 aliphatic heterocycles. The molecule has 5 rings (SSSR count). The molecule has 0 spiro atoms. The van der Waals surface area contributed by atoms with Crippen LogP contribution in [0.5, 0.6) is 0 Å². The molecular formula is C32H22N4O8S2. The van der Waals surface area contributed by atoms with Gasteiger partial charge in [-0.25, -0.2) is 14.6 Å². The summed E-state index contributed by atoms with van der Waals surface area (Å²) in [5.41, 5.74) is 1.00. The molecule has 4 N–H and O–H groups in total. The monoisotopic (exact) mass is 654 g/mol. The number of nitrogens with zero attached hydrogens (tertiary/aromatic N) is 2. The van der Waals surface area contributed by atoms with Crippen molar-refractivity contribution in [1.82, 2.24) is 4.98 Å². The second-order valence-electron chi connectivity index (χ2n) is 9.60. The van der Waals surface area contributed by atoms with E-state index in [0.717, 1.165) is 18.2 Å². The molecule has 0 bridgehead atoms. The number of benzene rings is 4. The van der Waals surface area contributed by atoms with Gasteiger partial charge < -0.3 is 20.8 Å². The molecular weight excluding hydrogens is 633 g/mol. The number of carbonyl (C=O) groups excluding carboxylic acids is 2. The van der Waals surface area contributed by atoms with E-state index < -0.39 is 33.6 Å². The van der Waals surface area contributed by atoms with E-state index in [-0.39, 0.29) is 22.7 Å². The van der Waals surface area contributed by atoms with Gasteiger partial charge in [0.15, 0.2) is 5.13 Å². The van der Waals surface area contributed by atoms with Crippen LogP contribution in [0.3, 0.4) is 0 Å². The lowest BCUT2D eigenvalue weighted by Gasteiger charge is -2.17. The molecule has 0 saturated heterocycles. The van der Waals surface area contributed by atoms with Crippen LogP contribution in [0.15, 0.2) is 107 Å². The highest BCUT2D eigenvalue weighted by molar-refractivity contribution is 8.00. The van der Waals surface area contributed by atoms with Crippen molar-refractivity contribution in [2.24, 2.45) is 0 Å². The largest absolute Gasteiger partial charge is 0.478 e. The van der Waals surface area contributed by atoms with E-state index in [1.54, 1.807) is 66.0 Å². The van der Waals surface area contributed by atoms with Crippen LogP contribution in [-0.4, -0.2) is 43.9 Å². The molecule has 230 valence electrons. The molecule has 14 heteroatoms. The first-order chi connectivity index (χ1) is 22.1. The minimum Gasteiger partial charge on any atom is -0.478 e. The third-order valence-corrected chi connectivity index (χ3v) is 8.52. The number of hydrogen-bond donors (Lipinski definition) is 4. The molecule has 12 nitrogen and oxygen atoms in total. The molecule has 1 heterocycles. The fraction of sp³-hybridized carbons (Fsp3) is 0.0312. The standard InChI is InChI=1S/C32H22N4O8S2/c37-28(24-13-12-20(30(39)40)15-25(24)31(41)42)33-21-9-5-11-23(16-21)46-27(18-6-2-1-3-7-18)29(38)35-32-34-26(17-45-32)19-8-4-10-22(14-19)36(43)44/h1-17,27H,(H,33,37)(H,39,40)(H,41,42)(H,34,35,38). The third kappa shape index (κ3) is 7.43. The molecule has 0 aliphatic rings. The molecule has 1 atom stereocenters. The van der Waals surface area contributed by atoms with Crippen LogP contribution in [0.2, 0.25) is 0 Å². The lowest BCUT2D eigenvalue weighted by Crippen LogP contribution is -2.19. The van der Waals surface area contributed by atoms with Crippen molar-refractivity contribution >= 4 is 63.4 Å². The molecule has 1 unspecified atom stereocenters. The van der Waals surface area contributed by atoms with Gasteiger partial charge >= 0.3 is 11.9 Å². The zero-order valence-electron chi connectivity index (χ0n) is 23.4. The number of anilines is 2. The Bertz CT molecular complexity index is 1980.